The van der Waals surface area contributed by atoms with Gasteiger partial charge in [0.15, 0.2) is 0 Å². The van der Waals surface area contributed by atoms with Gasteiger partial charge in [-0.3, -0.25) is 0 Å². The molecule has 1 fully saturated rings. The monoisotopic (exact) mass is 402 g/mol. The molecular formula is C15H19BrN2O4S. The largest absolute Gasteiger partial charge is 0.394 e. The summed E-state index contributed by atoms with van der Waals surface area (Å²) in [5.74, 6) is 0. The second kappa shape index (κ2) is 6.92. The van der Waals surface area contributed by atoms with Crippen molar-refractivity contribution >= 4 is 32.8 Å². The van der Waals surface area contributed by atoms with Crippen LogP contribution in [0.1, 0.15) is 11.3 Å². The Hall–Kier alpha value is -0.900. The Balaban J connectivity index is 1.89. The molecule has 6 nitrogen and oxygen atoms in total. The summed E-state index contributed by atoms with van der Waals surface area (Å²) >= 11 is 5.04. The summed E-state index contributed by atoms with van der Waals surface area (Å²) in [5.41, 5.74) is 1.64. The summed E-state index contributed by atoms with van der Waals surface area (Å²) in [6, 6.07) is 3.96. The fraction of sp³-hybridized carbons (Fsp3) is 0.467. The van der Waals surface area contributed by atoms with Gasteiger partial charge >= 0.3 is 0 Å². The van der Waals surface area contributed by atoms with Crippen LogP contribution in [0.2, 0.25) is 0 Å². The van der Waals surface area contributed by atoms with E-state index < -0.39 is 18.4 Å². The Bertz CT molecular complexity index is 620. The molecule has 0 spiro atoms. The zero-order valence-electron chi connectivity index (χ0n) is 12.4. The minimum Gasteiger partial charge on any atom is -0.394 e. The zero-order chi connectivity index (χ0) is 16.6. The molecule has 2 aliphatic rings. The number of aliphatic hydroxyl groups is 3. The number of hydrogen-bond acceptors (Lipinski definition) is 7. The topological polar surface area (TPSA) is 85.2 Å². The van der Waals surface area contributed by atoms with Gasteiger partial charge in [-0.05, 0) is 28.1 Å². The van der Waals surface area contributed by atoms with E-state index in [1.165, 1.54) is 0 Å². The second-order valence-corrected chi connectivity index (χ2v) is 7.99. The van der Waals surface area contributed by atoms with E-state index in [1.54, 1.807) is 11.3 Å². The Morgan fingerprint density at radius 1 is 1.39 bits per heavy atom. The lowest BCUT2D eigenvalue weighted by Crippen LogP contribution is -2.52. The van der Waals surface area contributed by atoms with Crippen LogP contribution >= 0.6 is 27.3 Å². The predicted molar refractivity (Wildman–Crippen MR) is 91.4 cm³/mol. The number of allylic oxidation sites excluding steroid dienone is 1. The lowest BCUT2D eigenvalue weighted by atomic mass is 10.1. The third kappa shape index (κ3) is 3.33. The standard InChI is InChI=1S/C15H19BrN2O4S/c1-8-9(12-2-3-13(16)23-12)5-18(14(7-20)17-8)15-4-10(21)11(6-19)22-15/h2-3,5,10-11,14-15,17,19-21H,1,4,6-7H2. The van der Waals surface area contributed by atoms with Gasteiger partial charge in [0.2, 0.25) is 0 Å². The van der Waals surface area contributed by atoms with Crippen molar-refractivity contribution < 1.29 is 20.1 Å². The number of nitrogens with one attached hydrogen (secondary N) is 1. The van der Waals surface area contributed by atoms with E-state index >= 15 is 0 Å². The Morgan fingerprint density at radius 3 is 2.74 bits per heavy atom. The lowest BCUT2D eigenvalue weighted by molar-refractivity contribution is -0.0833. The number of rotatable bonds is 4. The van der Waals surface area contributed by atoms with Crippen LogP contribution in [0.4, 0.5) is 0 Å². The first-order valence-electron chi connectivity index (χ1n) is 7.29. The van der Waals surface area contributed by atoms with E-state index in [0.717, 1.165) is 19.9 Å². The Kier molecular flexibility index (Phi) is 5.10. The fourth-order valence-corrected chi connectivity index (χ4v) is 4.25. The van der Waals surface area contributed by atoms with Gasteiger partial charge in [-0.2, -0.15) is 0 Å². The molecule has 4 unspecified atom stereocenters. The van der Waals surface area contributed by atoms with Gasteiger partial charge in [-0.1, -0.05) is 6.58 Å². The quantitative estimate of drug-likeness (QED) is 0.602. The highest BCUT2D eigenvalue weighted by Gasteiger charge is 2.39. The summed E-state index contributed by atoms with van der Waals surface area (Å²) in [6.45, 7) is 3.67. The molecule has 0 radical (unpaired) electrons. The normalized spacial score (nSPS) is 31.2. The van der Waals surface area contributed by atoms with E-state index in [0.29, 0.717) is 6.42 Å². The number of thiophene rings is 1. The van der Waals surface area contributed by atoms with Gasteiger partial charge in [0.05, 0.1) is 23.1 Å². The molecule has 126 valence electrons. The number of nitrogens with zero attached hydrogens (tertiary/aromatic N) is 1. The van der Waals surface area contributed by atoms with E-state index in [-0.39, 0.29) is 19.4 Å². The number of ether oxygens (including phenoxy) is 1. The molecule has 0 bridgehead atoms. The van der Waals surface area contributed by atoms with Gasteiger partial charge in [0.25, 0.3) is 0 Å². The Morgan fingerprint density at radius 2 is 2.17 bits per heavy atom. The smallest absolute Gasteiger partial charge is 0.134 e. The van der Waals surface area contributed by atoms with Crippen molar-refractivity contribution in [2.45, 2.75) is 31.0 Å². The molecular weight excluding hydrogens is 384 g/mol. The molecule has 4 N–H and O–H groups in total. The van der Waals surface area contributed by atoms with Crippen molar-refractivity contribution in [1.82, 2.24) is 10.2 Å². The van der Waals surface area contributed by atoms with Crippen molar-refractivity contribution in [3.63, 3.8) is 0 Å². The Labute approximate surface area is 146 Å². The van der Waals surface area contributed by atoms with Crippen molar-refractivity contribution in [3.8, 4) is 0 Å². The van der Waals surface area contributed by atoms with Crippen LogP contribution in [-0.2, 0) is 4.74 Å². The van der Waals surface area contributed by atoms with Crippen LogP contribution in [0.3, 0.4) is 0 Å². The maximum atomic E-state index is 9.95. The molecule has 0 amide bonds. The molecule has 3 rings (SSSR count). The molecule has 2 aliphatic heterocycles. The number of aliphatic hydroxyl groups excluding tert-OH is 3. The molecule has 1 aromatic rings. The number of hydrogen-bond donors (Lipinski definition) is 4. The first-order valence-corrected chi connectivity index (χ1v) is 8.90. The SMILES string of the molecule is C=C1NC(CO)N(C2CC(O)C(CO)O2)C=C1c1ccc(Br)s1. The molecule has 8 heteroatoms. The van der Waals surface area contributed by atoms with Crippen LogP contribution in [0, 0.1) is 0 Å². The van der Waals surface area contributed by atoms with Crippen molar-refractivity contribution in [2.75, 3.05) is 13.2 Å². The number of halogens is 1. The molecule has 0 aliphatic carbocycles. The first kappa shape index (κ1) is 16.9. The third-order valence-electron chi connectivity index (χ3n) is 4.03. The maximum absolute atomic E-state index is 9.95. The van der Waals surface area contributed by atoms with Crippen molar-refractivity contribution in [3.05, 3.63) is 39.3 Å². The van der Waals surface area contributed by atoms with E-state index in [9.17, 15) is 15.3 Å². The summed E-state index contributed by atoms with van der Waals surface area (Å²) in [5, 5.41) is 32.0. The molecule has 23 heavy (non-hydrogen) atoms. The average molecular weight is 403 g/mol. The third-order valence-corrected chi connectivity index (χ3v) is 5.69. The van der Waals surface area contributed by atoms with Gasteiger partial charge in [0, 0.05) is 28.8 Å². The minimum atomic E-state index is -0.720. The van der Waals surface area contributed by atoms with Crippen LogP contribution in [-0.4, -0.2) is 58.0 Å². The highest BCUT2D eigenvalue weighted by molar-refractivity contribution is 9.11. The van der Waals surface area contributed by atoms with Crippen LogP contribution in [0.15, 0.2) is 34.4 Å². The predicted octanol–water partition coefficient (Wildman–Crippen LogP) is 1.06. The van der Waals surface area contributed by atoms with Gasteiger partial charge in [0.1, 0.15) is 18.5 Å². The summed E-state index contributed by atoms with van der Waals surface area (Å²) < 4.78 is 6.73. The average Bonchev–Trinajstić information content (AvgIpc) is 3.12. The molecule has 3 heterocycles. The highest BCUT2D eigenvalue weighted by Crippen LogP contribution is 2.35. The first-order chi connectivity index (χ1) is 11.0. The molecule has 0 saturated carbocycles. The molecule has 1 aromatic heterocycles. The van der Waals surface area contributed by atoms with E-state index in [1.807, 2.05) is 23.2 Å². The van der Waals surface area contributed by atoms with Crippen molar-refractivity contribution in [2.24, 2.45) is 0 Å². The van der Waals surface area contributed by atoms with Crippen LogP contribution < -0.4 is 5.32 Å². The minimum absolute atomic E-state index is 0.128. The highest BCUT2D eigenvalue weighted by atomic mass is 79.9. The second-order valence-electron chi connectivity index (χ2n) is 5.53. The molecule has 4 atom stereocenters. The van der Waals surface area contributed by atoms with Crippen molar-refractivity contribution in [1.29, 1.82) is 0 Å². The summed E-state index contributed by atoms with van der Waals surface area (Å²) in [4.78, 5) is 2.88. The van der Waals surface area contributed by atoms with Gasteiger partial charge in [-0.25, -0.2) is 0 Å². The van der Waals surface area contributed by atoms with Gasteiger partial charge in [-0.15, -0.1) is 11.3 Å². The van der Waals surface area contributed by atoms with Crippen LogP contribution in [0.5, 0.6) is 0 Å². The molecule has 1 saturated heterocycles. The summed E-state index contributed by atoms with van der Waals surface area (Å²) in [6.07, 6.45) is 0.144. The maximum Gasteiger partial charge on any atom is 0.134 e. The van der Waals surface area contributed by atoms with E-state index in [4.69, 9.17) is 4.74 Å². The fourth-order valence-electron chi connectivity index (χ4n) is 2.83. The summed E-state index contributed by atoms with van der Waals surface area (Å²) in [7, 11) is 0. The van der Waals surface area contributed by atoms with Gasteiger partial charge < -0.3 is 30.3 Å². The van der Waals surface area contributed by atoms with Crippen LogP contribution in [0.25, 0.3) is 5.57 Å². The zero-order valence-corrected chi connectivity index (χ0v) is 14.8. The lowest BCUT2D eigenvalue weighted by Gasteiger charge is -2.39. The molecule has 0 aromatic carbocycles. The van der Waals surface area contributed by atoms with E-state index in [2.05, 4.69) is 27.8 Å².